The van der Waals surface area contributed by atoms with Crippen molar-refractivity contribution < 1.29 is 5.11 Å². The Kier molecular flexibility index (Phi) is 2.66. The summed E-state index contributed by atoms with van der Waals surface area (Å²) in [4.78, 5) is 0. The third-order valence-corrected chi connectivity index (χ3v) is 2.65. The number of benzene rings is 1. The second-order valence-electron chi connectivity index (χ2n) is 3.74. The highest BCUT2D eigenvalue weighted by molar-refractivity contribution is 5.73. The van der Waals surface area contributed by atoms with Gasteiger partial charge in [-0.2, -0.15) is 0 Å². The quantitative estimate of drug-likeness (QED) is 0.753. The zero-order valence-corrected chi connectivity index (χ0v) is 8.11. The summed E-state index contributed by atoms with van der Waals surface area (Å²) in [6.07, 6.45) is 3.98. The van der Waals surface area contributed by atoms with E-state index >= 15 is 0 Å². The fourth-order valence-corrected chi connectivity index (χ4v) is 1.89. The largest absolute Gasteiger partial charge is 0.395 e. The zero-order chi connectivity index (χ0) is 9.97. The highest BCUT2D eigenvalue weighted by atomic mass is 16.3. The van der Waals surface area contributed by atoms with E-state index in [0.717, 1.165) is 12.8 Å². The molecule has 1 aliphatic rings. The summed E-state index contributed by atoms with van der Waals surface area (Å²) in [5.74, 6) is 0. The molecule has 1 unspecified atom stereocenters. The maximum Gasteiger partial charge on any atom is 0.0585 e. The van der Waals surface area contributed by atoms with Crippen LogP contribution in [0.5, 0.6) is 0 Å². The van der Waals surface area contributed by atoms with Crippen molar-refractivity contribution >= 4 is 5.57 Å². The third-order valence-electron chi connectivity index (χ3n) is 2.65. The third kappa shape index (κ3) is 1.72. The molecule has 0 amide bonds. The van der Waals surface area contributed by atoms with Gasteiger partial charge in [0.2, 0.25) is 0 Å². The zero-order valence-electron chi connectivity index (χ0n) is 8.11. The van der Waals surface area contributed by atoms with Crippen molar-refractivity contribution in [3.05, 3.63) is 41.5 Å². The average molecular weight is 189 g/mol. The van der Waals surface area contributed by atoms with E-state index in [1.165, 1.54) is 16.7 Å². The molecule has 0 saturated carbocycles. The van der Waals surface area contributed by atoms with Gasteiger partial charge in [0.15, 0.2) is 0 Å². The Morgan fingerprint density at radius 2 is 2.14 bits per heavy atom. The second kappa shape index (κ2) is 3.95. The number of fused-ring (bicyclic) bond motifs is 1. The number of hydrogen-bond donors (Lipinski definition) is 2. The monoisotopic (exact) mass is 189 g/mol. The van der Waals surface area contributed by atoms with Crippen LogP contribution in [0.3, 0.4) is 0 Å². The van der Waals surface area contributed by atoms with E-state index in [4.69, 9.17) is 10.8 Å². The maximum atomic E-state index is 8.89. The minimum absolute atomic E-state index is 0.0551. The Labute approximate surface area is 84.1 Å². The van der Waals surface area contributed by atoms with E-state index in [9.17, 15) is 0 Å². The fourth-order valence-electron chi connectivity index (χ4n) is 1.89. The highest BCUT2D eigenvalue weighted by Gasteiger charge is 2.14. The van der Waals surface area contributed by atoms with Gasteiger partial charge >= 0.3 is 0 Å². The first-order valence-electron chi connectivity index (χ1n) is 4.95. The predicted octanol–water partition coefficient (Wildman–Crippen LogP) is 1.34. The van der Waals surface area contributed by atoms with Gasteiger partial charge < -0.3 is 10.8 Å². The van der Waals surface area contributed by atoms with Gasteiger partial charge in [0.25, 0.3) is 0 Å². The van der Waals surface area contributed by atoms with Gasteiger partial charge in [0.1, 0.15) is 0 Å². The first-order valence-corrected chi connectivity index (χ1v) is 4.95. The Hall–Kier alpha value is -1.12. The molecule has 14 heavy (non-hydrogen) atoms. The molecule has 1 atom stereocenters. The lowest BCUT2D eigenvalue weighted by molar-refractivity contribution is 0.267. The van der Waals surface area contributed by atoms with E-state index in [1.807, 2.05) is 6.07 Å². The van der Waals surface area contributed by atoms with Crippen molar-refractivity contribution in [2.45, 2.75) is 18.9 Å². The number of rotatable bonds is 3. The van der Waals surface area contributed by atoms with Crippen molar-refractivity contribution in [2.75, 3.05) is 6.61 Å². The molecule has 0 spiro atoms. The van der Waals surface area contributed by atoms with Crippen LogP contribution in [-0.2, 0) is 6.42 Å². The molecule has 0 radical (unpaired) electrons. The molecule has 74 valence electrons. The second-order valence-corrected chi connectivity index (χ2v) is 3.74. The number of aliphatic hydroxyl groups excluding tert-OH is 1. The first-order chi connectivity index (χ1) is 6.81. The molecule has 0 heterocycles. The van der Waals surface area contributed by atoms with E-state index in [-0.39, 0.29) is 12.6 Å². The van der Waals surface area contributed by atoms with Gasteiger partial charge in [-0.25, -0.2) is 0 Å². The lowest BCUT2D eigenvalue weighted by Crippen LogP contribution is -2.24. The minimum Gasteiger partial charge on any atom is -0.395 e. The fraction of sp³-hybridized carbons (Fsp3) is 0.333. The Morgan fingerprint density at radius 1 is 1.36 bits per heavy atom. The van der Waals surface area contributed by atoms with Gasteiger partial charge in [-0.1, -0.05) is 30.3 Å². The van der Waals surface area contributed by atoms with Crippen molar-refractivity contribution in [2.24, 2.45) is 5.73 Å². The van der Waals surface area contributed by atoms with Crippen LogP contribution < -0.4 is 5.73 Å². The minimum atomic E-state index is -0.132. The van der Waals surface area contributed by atoms with Crippen molar-refractivity contribution in [3.63, 3.8) is 0 Å². The molecule has 0 bridgehead atoms. The van der Waals surface area contributed by atoms with E-state index in [0.29, 0.717) is 0 Å². The summed E-state index contributed by atoms with van der Waals surface area (Å²) in [6.45, 7) is 0.0551. The summed E-state index contributed by atoms with van der Waals surface area (Å²) in [5.41, 5.74) is 9.67. The van der Waals surface area contributed by atoms with Gasteiger partial charge in [-0.15, -0.1) is 0 Å². The Morgan fingerprint density at radius 3 is 2.93 bits per heavy atom. The molecule has 1 aromatic rings. The van der Waals surface area contributed by atoms with Crippen LogP contribution in [0.15, 0.2) is 30.3 Å². The number of hydrogen-bond acceptors (Lipinski definition) is 2. The average Bonchev–Trinajstić information content (AvgIpc) is 2.62. The van der Waals surface area contributed by atoms with Crippen LogP contribution in [0, 0.1) is 0 Å². The van der Waals surface area contributed by atoms with Crippen molar-refractivity contribution in [3.8, 4) is 0 Å². The molecule has 2 nitrogen and oxygen atoms in total. The lowest BCUT2D eigenvalue weighted by atomic mass is 10.0. The van der Waals surface area contributed by atoms with Gasteiger partial charge in [0.05, 0.1) is 6.61 Å². The van der Waals surface area contributed by atoms with Crippen LogP contribution in [0.4, 0.5) is 0 Å². The summed E-state index contributed by atoms with van der Waals surface area (Å²) in [7, 11) is 0. The SMILES string of the molecule is NC(CO)CC1=CCc2ccccc21. The number of aliphatic hydroxyl groups is 1. The summed E-state index contributed by atoms with van der Waals surface area (Å²) in [6, 6.07) is 8.23. The van der Waals surface area contributed by atoms with Gasteiger partial charge in [0, 0.05) is 6.04 Å². The molecule has 0 saturated heterocycles. The molecule has 0 fully saturated rings. The van der Waals surface area contributed by atoms with Gasteiger partial charge in [-0.05, 0) is 29.5 Å². The number of allylic oxidation sites excluding steroid dienone is 1. The van der Waals surface area contributed by atoms with Crippen molar-refractivity contribution in [1.82, 2.24) is 0 Å². The summed E-state index contributed by atoms with van der Waals surface area (Å²) >= 11 is 0. The molecular weight excluding hydrogens is 174 g/mol. The molecular formula is C12H15NO. The van der Waals surface area contributed by atoms with E-state index in [2.05, 4.69) is 24.3 Å². The molecule has 2 rings (SSSR count). The Bertz CT molecular complexity index is 357. The van der Waals surface area contributed by atoms with E-state index < -0.39 is 0 Å². The first kappa shape index (κ1) is 9.44. The predicted molar refractivity (Wildman–Crippen MR) is 57.8 cm³/mol. The van der Waals surface area contributed by atoms with Crippen LogP contribution in [0.25, 0.3) is 5.57 Å². The normalized spacial score (nSPS) is 16.3. The molecule has 0 aliphatic heterocycles. The molecule has 3 N–H and O–H groups in total. The summed E-state index contributed by atoms with van der Waals surface area (Å²) < 4.78 is 0. The van der Waals surface area contributed by atoms with Crippen LogP contribution >= 0.6 is 0 Å². The maximum absolute atomic E-state index is 8.89. The topological polar surface area (TPSA) is 46.2 Å². The molecule has 1 aromatic carbocycles. The number of nitrogens with two attached hydrogens (primary N) is 1. The van der Waals surface area contributed by atoms with Crippen LogP contribution in [0.2, 0.25) is 0 Å². The molecule has 0 aromatic heterocycles. The highest BCUT2D eigenvalue weighted by Crippen LogP contribution is 2.29. The van der Waals surface area contributed by atoms with Crippen LogP contribution in [-0.4, -0.2) is 17.8 Å². The standard InChI is InChI=1S/C12H15NO/c13-11(8-14)7-10-6-5-9-3-1-2-4-12(9)10/h1-4,6,11,14H,5,7-8,13H2. The van der Waals surface area contributed by atoms with Gasteiger partial charge in [-0.3, -0.25) is 0 Å². The summed E-state index contributed by atoms with van der Waals surface area (Å²) in [5, 5.41) is 8.89. The smallest absolute Gasteiger partial charge is 0.0585 e. The van der Waals surface area contributed by atoms with E-state index in [1.54, 1.807) is 0 Å². The molecule has 1 aliphatic carbocycles. The molecule has 2 heteroatoms. The lowest BCUT2D eigenvalue weighted by Gasteiger charge is -2.10. The Balaban J connectivity index is 2.17. The van der Waals surface area contributed by atoms with Crippen molar-refractivity contribution in [1.29, 1.82) is 0 Å². The van der Waals surface area contributed by atoms with Crippen LogP contribution in [0.1, 0.15) is 17.5 Å².